The molecule has 2 aromatic rings. The fourth-order valence-electron chi connectivity index (χ4n) is 1.74. The molecular formula is C14H11ClF3NO2S. The van der Waals surface area contributed by atoms with E-state index in [0.29, 0.717) is 17.2 Å². The molecular weight excluding hydrogens is 339 g/mol. The topological polar surface area (TPSA) is 38.3 Å². The van der Waals surface area contributed by atoms with E-state index in [1.54, 1.807) is 18.4 Å². The van der Waals surface area contributed by atoms with E-state index >= 15 is 0 Å². The molecule has 1 amide bonds. The van der Waals surface area contributed by atoms with Crippen molar-refractivity contribution in [3.05, 3.63) is 45.1 Å². The zero-order chi connectivity index (χ0) is 16.3. The van der Waals surface area contributed by atoms with Crippen LogP contribution in [0.3, 0.4) is 0 Å². The molecule has 0 saturated heterocycles. The third-order valence-electron chi connectivity index (χ3n) is 2.66. The third kappa shape index (κ3) is 3.72. The van der Waals surface area contributed by atoms with E-state index in [0.717, 1.165) is 23.5 Å². The minimum absolute atomic E-state index is 0.0116. The Labute approximate surface area is 133 Å². The van der Waals surface area contributed by atoms with Crippen molar-refractivity contribution in [1.82, 2.24) is 0 Å². The molecule has 0 aliphatic rings. The van der Waals surface area contributed by atoms with Crippen LogP contribution in [0.15, 0.2) is 29.6 Å². The summed E-state index contributed by atoms with van der Waals surface area (Å²) in [5.74, 6) is -0.135. The van der Waals surface area contributed by atoms with Gasteiger partial charge in [-0.05, 0) is 36.6 Å². The van der Waals surface area contributed by atoms with E-state index in [1.165, 1.54) is 6.07 Å². The first-order valence-electron chi connectivity index (χ1n) is 6.21. The number of hydrogen-bond acceptors (Lipinski definition) is 3. The molecule has 0 fully saturated rings. The summed E-state index contributed by atoms with van der Waals surface area (Å²) in [6.07, 6.45) is -4.59. The third-order valence-corrected chi connectivity index (χ3v) is 3.89. The molecule has 0 atom stereocenters. The molecule has 0 aliphatic heterocycles. The smallest absolute Gasteiger partial charge is 0.417 e. The molecule has 2 rings (SSSR count). The molecule has 0 saturated carbocycles. The van der Waals surface area contributed by atoms with Crippen LogP contribution in [0, 0.1) is 0 Å². The fourth-order valence-corrected chi connectivity index (χ4v) is 2.69. The van der Waals surface area contributed by atoms with Gasteiger partial charge in [-0.2, -0.15) is 13.2 Å². The lowest BCUT2D eigenvalue weighted by atomic mass is 10.2. The van der Waals surface area contributed by atoms with Gasteiger partial charge in [0.05, 0.1) is 17.2 Å². The molecule has 0 radical (unpaired) electrons. The van der Waals surface area contributed by atoms with Gasteiger partial charge in [-0.25, -0.2) is 0 Å². The number of amides is 1. The van der Waals surface area contributed by atoms with Crippen molar-refractivity contribution in [2.24, 2.45) is 0 Å². The predicted octanol–water partition coefficient (Wildman–Crippen LogP) is 5.07. The van der Waals surface area contributed by atoms with Crippen LogP contribution in [-0.2, 0) is 6.18 Å². The lowest BCUT2D eigenvalue weighted by Gasteiger charge is -2.12. The van der Waals surface area contributed by atoms with Crippen molar-refractivity contribution in [2.45, 2.75) is 13.1 Å². The summed E-state index contributed by atoms with van der Waals surface area (Å²) in [5, 5.41) is 3.67. The van der Waals surface area contributed by atoms with Crippen LogP contribution >= 0.6 is 22.9 Å². The van der Waals surface area contributed by atoms with Crippen LogP contribution in [0.1, 0.15) is 22.2 Å². The van der Waals surface area contributed by atoms with Crippen LogP contribution in [-0.4, -0.2) is 12.5 Å². The molecule has 0 unspecified atom stereocenters. The highest BCUT2D eigenvalue weighted by Crippen LogP contribution is 2.36. The first-order chi connectivity index (χ1) is 10.3. The van der Waals surface area contributed by atoms with E-state index in [4.69, 9.17) is 16.3 Å². The van der Waals surface area contributed by atoms with E-state index < -0.39 is 22.7 Å². The number of thiophene rings is 1. The molecule has 1 N–H and O–H groups in total. The van der Waals surface area contributed by atoms with Crippen LogP contribution in [0.5, 0.6) is 5.75 Å². The molecule has 0 aliphatic carbocycles. The summed E-state index contributed by atoms with van der Waals surface area (Å²) >= 11 is 6.68. The number of benzene rings is 1. The Balaban J connectivity index is 2.24. The molecule has 8 heteroatoms. The summed E-state index contributed by atoms with van der Waals surface area (Å²) < 4.78 is 43.6. The lowest BCUT2D eigenvalue weighted by molar-refractivity contribution is -0.137. The number of halogens is 4. The normalized spacial score (nSPS) is 11.3. The number of nitrogens with one attached hydrogen (secondary N) is 1. The number of alkyl halides is 3. The summed E-state index contributed by atoms with van der Waals surface area (Å²) in [7, 11) is 0. The van der Waals surface area contributed by atoms with E-state index in [2.05, 4.69) is 5.32 Å². The molecule has 1 aromatic carbocycles. The van der Waals surface area contributed by atoms with Gasteiger partial charge >= 0.3 is 6.18 Å². The second-order valence-electron chi connectivity index (χ2n) is 4.19. The van der Waals surface area contributed by atoms with E-state index in [9.17, 15) is 18.0 Å². The molecule has 0 bridgehead atoms. The van der Waals surface area contributed by atoms with Crippen molar-refractivity contribution >= 4 is 34.5 Å². The van der Waals surface area contributed by atoms with Gasteiger partial charge in [0.15, 0.2) is 0 Å². The van der Waals surface area contributed by atoms with Crippen LogP contribution in [0.25, 0.3) is 0 Å². The minimum Gasteiger partial charge on any atom is -0.492 e. The van der Waals surface area contributed by atoms with Crippen molar-refractivity contribution in [1.29, 1.82) is 0 Å². The van der Waals surface area contributed by atoms with Crippen molar-refractivity contribution in [3.63, 3.8) is 0 Å². The Morgan fingerprint density at radius 1 is 1.36 bits per heavy atom. The maximum atomic E-state index is 12.8. The Hall–Kier alpha value is -1.73. The molecule has 1 aromatic heterocycles. The average Bonchev–Trinajstić information content (AvgIpc) is 2.88. The van der Waals surface area contributed by atoms with Crippen LogP contribution in [0.2, 0.25) is 5.02 Å². The fraction of sp³-hybridized carbons (Fsp3) is 0.214. The standard InChI is InChI=1S/C14H11ClF3NO2S/c1-2-21-11-5-6-22-12(11)13(20)19-8-3-4-10(15)9(7-8)14(16,17)18/h3-7H,2H2,1H3,(H,19,20). The monoisotopic (exact) mass is 349 g/mol. The van der Waals surface area contributed by atoms with Gasteiger partial charge in [0.2, 0.25) is 0 Å². The highest BCUT2D eigenvalue weighted by Gasteiger charge is 2.33. The molecule has 22 heavy (non-hydrogen) atoms. The van der Waals surface area contributed by atoms with Gasteiger partial charge < -0.3 is 10.1 Å². The minimum atomic E-state index is -4.59. The second kappa shape index (κ2) is 6.58. The largest absolute Gasteiger partial charge is 0.492 e. The summed E-state index contributed by atoms with van der Waals surface area (Å²) in [4.78, 5) is 12.4. The zero-order valence-corrected chi connectivity index (χ0v) is 12.9. The quantitative estimate of drug-likeness (QED) is 0.836. The molecule has 0 spiro atoms. The summed E-state index contributed by atoms with van der Waals surface area (Å²) in [6.45, 7) is 2.16. The van der Waals surface area contributed by atoms with Crippen LogP contribution < -0.4 is 10.1 Å². The van der Waals surface area contributed by atoms with E-state index in [1.807, 2.05) is 0 Å². The van der Waals surface area contributed by atoms with Crippen molar-refractivity contribution in [3.8, 4) is 5.75 Å². The Morgan fingerprint density at radius 2 is 2.09 bits per heavy atom. The first kappa shape index (κ1) is 16.6. The molecule has 3 nitrogen and oxygen atoms in total. The average molecular weight is 350 g/mol. The van der Waals surface area contributed by atoms with Gasteiger partial charge in [0, 0.05) is 5.69 Å². The highest BCUT2D eigenvalue weighted by molar-refractivity contribution is 7.12. The maximum Gasteiger partial charge on any atom is 0.417 e. The lowest BCUT2D eigenvalue weighted by Crippen LogP contribution is -2.13. The van der Waals surface area contributed by atoms with Crippen molar-refractivity contribution < 1.29 is 22.7 Å². The summed E-state index contributed by atoms with van der Waals surface area (Å²) in [6, 6.07) is 4.83. The van der Waals surface area contributed by atoms with Gasteiger partial charge in [0.1, 0.15) is 10.6 Å². The second-order valence-corrected chi connectivity index (χ2v) is 5.52. The summed E-state index contributed by atoms with van der Waals surface area (Å²) in [5.41, 5.74) is -0.985. The predicted molar refractivity (Wildman–Crippen MR) is 79.9 cm³/mol. The number of carbonyl (C=O) groups excluding carboxylic acids is 1. The SMILES string of the molecule is CCOc1ccsc1C(=O)Nc1ccc(Cl)c(C(F)(F)F)c1. The van der Waals surface area contributed by atoms with Crippen LogP contribution in [0.4, 0.5) is 18.9 Å². The van der Waals surface area contributed by atoms with Gasteiger partial charge in [-0.15, -0.1) is 11.3 Å². The Kier molecular flexibility index (Phi) is 4.97. The number of rotatable bonds is 4. The van der Waals surface area contributed by atoms with E-state index in [-0.39, 0.29) is 5.69 Å². The van der Waals surface area contributed by atoms with Gasteiger partial charge in [0.25, 0.3) is 5.91 Å². The van der Waals surface area contributed by atoms with Gasteiger partial charge in [-0.1, -0.05) is 11.6 Å². The number of carbonyl (C=O) groups is 1. The number of hydrogen-bond donors (Lipinski definition) is 1. The maximum absolute atomic E-state index is 12.8. The van der Waals surface area contributed by atoms with Crippen molar-refractivity contribution in [2.75, 3.05) is 11.9 Å². The Bertz CT molecular complexity index is 685. The molecule has 1 heterocycles. The Morgan fingerprint density at radius 3 is 2.73 bits per heavy atom. The van der Waals surface area contributed by atoms with Gasteiger partial charge in [-0.3, -0.25) is 4.79 Å². The number of ether oxygens (including phenoxy) is 1. The zero-order valence-electron chi connectivity index (χ0n) is 11.3. The first-order valence-corrected chi connectivity index (χ1v) is 7.47. The molecule has 118 valence electrons. The number of anilines is 1. The highest BCUT2D eigenvalue weighted by atomic mass is 35.5.